The number of hydrogen-bond donors (Lipinski definition) is 7. The van der Waals surface area contributed by atoms with E-state index in [1.54, 1.807) is 30.3 Å². The lowest BCUT2D eigenvalue weighted by atomic mass is 10.0. The second-order valence-corrected chi connectivity index (χ2v) is 8.70. The quantitative estimate of drug-likeness (QED) is 0.146. The molecule has 0 heterocycles. The van der Waals surface area contributed by atoms with Crippen LogP contribution in [0.2, 0.25) is 0 Å². The van der Waals surface area contributed by atoms with Crippen molar-refractivity contribution in [1.82, 2.24) is 16.0 Å². The van der Waals surface area contributed by atoms with Gasteiger partial charge in [-0.2, -0.15) is 0 Å². The highest BCUT2D eigenvalue weighted by atomic mass is 16.4. The molecule has 2 aromatic carbocycles. The number of carboxylic acids is 1. The minimum atomic E-state index is -1.62. The van der Waals surface area contributed by atoms with Crippen LogP contribution in [0, 0.1) is 0 Å². The van der Waals surface area contributed by atoms with E-state index in [4.69, 9.17) is 16.6 Å². The van der Waals surface area contributed by atoms with Crippen LogP contribution < -0.4 is 27.4 Å². The molecule has 0 bridgehead atoms. The average Bonchev–Trinajstić information content (AvgIpc) is 2.89. The summed E-state index contributed by atoms with van der Waals surface area (Å²) in [5.41, 5.74) is 12.8. The van der Waals surface area contributed by atoms with Gasteiger partial charge in [-0.25, -0.2) is 4.79 Å². The van der Waals surface area contributed by atoms with Gasteiger partial charge in [0.15, 0.2) is 0 Å². The minimum absolute atomic E-state index is 0.0645. The topological polar surface area (TPSA) is 214 Å². The molecule has 0 aliphatic heterocycles. The molecule has 4 atom stereocenters. The Morgan fingerprint density at radius 2 is 1.18 bits per heavy atom. The predicted octanol–water partition coefficient (Wildman–Crippen LogP) is -1.40. The Balaban J connectivity index is 2.21. The standard InChI is InChI=1S/C26H33N5O7/c27-18(13-16-7-3-1-4-8-16)23(34)30-20(14-17-9-5-2-6-10-17)25(36)29-19(11-12-22(28)33)24(35)31-21(15-32)26(37)38/h1-10,18-21,32H,11-15,27H2,(H2,28,33)(H,29,36)(H,30,34)(H,31,35)(H,37,38). The zero-order valence-corrected chi connectivity index (χ0v) is 20.7. The molecule has 2 rings (SSSR count). The summed E-state index contributed by atoms with van der Waals surface area (Å²) in [4.78, 5) is 61.4. The maximum atomic E-state index is 13.3. The lowest BCUT2D eigenvalue weighted by molar-refractivity contribution is -0.143. The number of amides is 4. The Labute approximate surface area is 219 Å². The number of primary amides is 1. The molecule has 9 N–H and O–H groups in total. The fourth-order valence-corrected chi connectivity index (χ4v) is 3.58. The molecule has 12 nitrogen and oxygen atoms in total. The monoisotopic (exact) mass is 527 g/mol. The van der Waals surface area contributed by atoms with E-state index in [0.717, 1.165) is 5.56 Å². The zero-order valence-electron chi connectivity index (χ0n) is 20.7. The molecular formula is C26H33N5O7. The van der Waals surface area contributed by atoms with E-state index < -0.39 is 60.4 Å². The number of carbonyl (C=O) groups excluding carboxylic acids is 4. The largest absolute Gasteiger partial charge is 0.480 e. The van der Waals surface area contributed by atoms with Crippen LogP contribution in [0.15, 0.2) is 60.7 Å². The van der Waals surface area contributed by atoms with Crippen molar-refractivity contribution in [3.63, 3.8) is 0 Å². The van der Waals surface area contributed by atoms with Gasteiger partial charge in [0.25, 0.3) is 0 Å². The van der Waals surface area contributed by atoms with Crippen molar-refractivity contribution in [2.45, 2.75) is 49.9 Å². The van der Waals surface area contributed by atoms with E-state index in [1.165, 1.54) is 0 Å². The summed E-state index contributed by atoms with van der Waals surface area (Å²) >= 11 is 0. The summed E-state index contributed by atoms with van der Waals surface area (Å²) in [5, 5.41) is 25.5. The van der Waals surface area contributed by atoms with Crippen molar-refractivity contribution in [2.75, 3.05) is 6.61 Å². The van der Waals surface area contributed by atoms with Crippen molar-refractivity contribution < 1.29 is 34.2 Å². The fraction of sp³-hybridized carbons (Fsp3) is 0.346. The third kappa shape index (κ3) is 9.99. The second-order valence-electron chi connectivity index (χ2n) is 8.70. The number of carbonyl (C=O) groups is 5. The molecule has 2 aromatic rings. The summed E-state index contributed by atoms with van der Waals surface area (Å²) in [6, 6.07) is 12.8. The highest BCUT2D eigenvalue weighted by Crippen LogP contribution is 2.07. The summed E-state index contributed by atoms with van der Waals surface area (Å²) in [7, 11) is 0. The van der Waals surface area contributed by atoms with Gasteiger partial charge in [0.05, 0.1) is 12.6 Å². The van der Waals surface area contributed by atoms with Gasteiger partial charge in [0.1, 0.15) is 18.1 Å². The Morgan fingerprint density at radius 1 is 0.711 bits per heavy atom. The minimum Gasteiger partial charge on any atom is -0.480 e. The molecule has 38 heavy (non-hydrogen) atoms. The third-order valence-corrected chi connectivity index (χ3v) is 5.66. The molecule has 0 aliphatic rings. The average molecular weight is 528 g/mol. The number of aliphatic carboxylic acids is 1. The maximum absolute atomic E-state index is 13.3. The SMILES string of the molecule is NC(=O)CCC(NC(=O)C(Cc1ccccc1)NC(=O)C(N)Cc1ccccc1)C(=O)NC(CO)C(=O)O. The number of rotatable bonds is 15. The lowest BCUT2D eigenvalue weighted by Gasteiger charge is -2.25. The Morgan fingerprint density at radius 3 is 1.68 bits per heavy atom. The molecule has 0 saturated heterocycles. The molecule has 0 radical (unpaired) electrons. The first-order valence-electron chi connectivity index (χ1n) is 12.0. The number of hydrogen-bond acceptors (Lipinski definition) is 7. The summed E-state index contributed by atoms with van der Waals surface area (Å²) in [5.74, 6) is -4.51. The van der Waals surface area contributed by atoms with Crippen LogP contribution in [0.5, 0.6) is 0 Å². The van der Waals surface area contributed by atoms with Crippen LogP contribution in [0.4, 0.5) is 0 Å². The normalized spacial score (nSPS) is 13.8. The van der Waals surface area contributed by atoms with Gasteiger partial charge in [0, 0.05) is 12.8 Å². The van der Waals surface area contributed by atoms with Crippen molar-refractivity contribution in [2.24, 2.45) is 11.5 Å². The molecule has 4 amide bonds. The van der Waals surface area contributed by atoms with Gasteiger partial charge >= 0.3 is 5.97 Å². The Kier molecular flexibility index (Phi) is 11.9. The summed E-state index contributed by atoms with van der Waals surface area (Å²) in [6.45, 7) is -0.885. The predicted molar refractivity (Wildman–Crippen MR) is 137 cm³/mol. The molecule has 12 heteroatoms. The van der Waals surface area contributed by atoms with Gasteiger partial charge in [0.2, 0.25) is 23.6 Å². The molecule has 0 spiro atoms. The molecule has 0 aliphatic carbocycles. The van der Waals surface area contributed by atoms with Gasteiger partial charge in [-0.15, -0.1) is 0 Å². The number of carboxylic acid groups (broad SMARTS) is 1. The summed E-state index contributed by atoms with van der Waals surface area (Å²) in [6.07, 6.45) is -0.222. The first-order valence-corrected chi connectivity index (χ1v) is 12.0. The highest BCUT2D eigenvalue weighted by Gasteiger charge is 2.30. The number of benzene rings is 2. The number of aliphatic hydroxyl groups is 1. The third-order valence-electron chi connectivity index (χ3n) is 5.66. The van der Waals surface area contributed by atoms with Gasteiger partial charge in [-0.1, -0.05) is 60.7 Å². The molecular weight excluding hydrogens is 494 g/mol. The number of nitrogens with one attached hydrogen (secondary N) is 3. The maximum Gasteiger partial charge on any atom is 0.328 e. The smallest absolute Gasteiger partial charge is 0.328 e. The molecule has 204 valence electrons. The number of aliphatic hydroxyl groups excluding tert-OH is 1. The van der Waals surface area contributed by atoms with E-state index in [0.29, 0.717) is 5.56 Å². The van der Waals surface area contributed by atoms with E-state index in [9.17, 15) is 29.1 Å². The van der Waals surface area contributed by atoms with Crippen LogP contribution >= 0.6 is 0 Å². The van der Waals surface area contributed by atoms with Crippen LogP contribution in [-0.2, 0) is 36.8 Å². The van der Waals surface area contributed by atoms with E-state index in [1.807, 2.05) is 30.3 Å². The van der Waals surface area contributed by atoms with Crippen molar-refractivity contribution >= 4 is 29.6 Å². The van der Waals surface area contributed by atoms with Crippen LogP contribution in [0.3, 0.4) is 0 Å². The second kappa shape index (κ2) is 15.1. The van der Waals surface area contributed by atoms with Crippen molar-refractivity contribution in [1.29, 1.82) is 0 Å². The van der Waals surface area contributed by atoms with Crippen molar-refractivity contribution in [3.8, 4) is 0 Å². The van der Waals surface area contributed by atoms with E-state index in [-0.39, 0.29) is 25.7 Å². The van der Waals surface area contributed by atoms with Crippen LogP contribution in [-0.4, -0.2) is 70.6 Å². The number of nitrogens with two attached hydrogens (primary N) is 2. The Bertz CT molecular complexity index is 1100. The van der Waals surface area contributed by atoms with Crippen molar-refractivity contribution in [3.05, 3.63) is 71.8 Å². The van der Waals surface area contributed by atoms with Gasteiger partial charge in [-0.3, -0.25) is 19.2 Å². The van der Waals surface area contributed by atoms with E-state index >= 15 is 0 Å². The molecule has 0 fully saturated rings. The lowest BCUT2D eigenvalue weighted by Crippen LogP contribution is -2.58. The molecule has 0 saturated carbocycles. The first-order chi connectivity index (χ1) is 18.1. The van der Waals surface area contributed by atoms with Crippen LogP contribution in [0.1, 0.15) is 24.0 Å². The summed E-state index contributed by atoms with van der Waals surface area (Å²) < 4.78 is 0. The highest BCUT2D eigenvalue weighted by molar-refractivity contribution is 5.94. The first kappa shape index (κ1) is 29.9. The van der Waals surface area contributed by atoms with Crippen LogP contribution in [0.25, 0.3) is 0 Å². The molecule has 0 aromatic heterocycles. The van der Waals surface area contributed by atoms with Gasteiger partial charge in [-0.05, 0) is 24.0 Å². The van der Waals surface area contributed by atoms with Gasteiger partial charge < -0.3 is 37.6 Å². The zero-order chi connectivity index (χ0) is 28.1. The molecule has 4 unspecified atom stereocenters. The Hall–Kier alpha value is -4.29. The fourth-order valence-electron chi connectivity index (χ4n) is 3.58. The van der Waals surface area contributed by atoms with E-state index in [2.05, 4.69) is 16.0 Å².